The SMILES string of the molecule is Cn1nc(-c2ccc(F)nc2)nc1Nc1ccc(-c2ccnc(N)c2F)cc1OCCN1CCCC1. The van der Waals surface area contributed by atoms with Gasteiger partial charge in [-0.05, 0) is 61.8 Å². The van der Waals surface area contributed by atoms with Crippen molar-refractivity contribution in [2.75, 3.05) is 37.3 Å². The maximum Gasteiger partial charge on any atom is 0.226 e. The number of anilines is 3. The van der Waals surface area contributed by atoms with Crippen LogP contribution in [0.15, 0.2) is 48.8 Å². The fourth-order valence-corrected chi connectivity index (χ4v) is 4.13. The number of rotatable bonds is 8. The molecule has 11 heteroatoms. The van der Waals surface area contributed by atoms with Crippen LogP contribution in [0.3, 0.4) is 0 Å². The van der Waals surface area contributed by atoms with E-state index in [1.165, 1.54) is 31.3 Å². The zero-order valence-corrected chi connectivity index (χ0v) is 19.8. The van der Waals surface area contributed by atoms with Crippen LogP contribution in [0.2, 0.25) is 0 Å². The first-order valence-corrected chi connectivity index (χ1v) is 11.7. The number of hydrogen-bond donors (Lipinski definition) is 2. The van der Waals surface area contributed by atoms with Gasteiger partial charge in [-0.25, -0.2) is 19.0 Å². The highest BCUT2D eigenvalue weighted by Gasteiger charge is 2.17. The number of nitrogens with zero attached hydrogens (tertiary/aromatic N) is 6. The molecule has 9 nitrogen and oxygen atoms in total. The number of benzene rings is 1. The molecule has 1 aliphatic heterocycles. The summed E-state index contributed by atoms with van der Waals surface area (Å²) in [6.45, 7) is 3.41. The molecule has 1 saturated heterocycles. The first kappa shape index (κ1) is 23.6. The molecule has 5 rings (SSSR count). The van der Waals surface area contributed by atoms with E-state index >= 15 is 0 Å². The van der Waals surface area contributed by atoms with Crippen molar-refractivity contribution in [3.05, 3.63) is 60.6 Å². The van der Waals surface area contributed by atoms with Gasteiger partial charge in [-0.15, -0.1) is 5.10 Å². The Morgan fingerprint density at radius 1 is 1.06 bits per heavy atom. The molecule has 4 aromatic rings. The molecule has 0 atom stereocenters. The zero-order chi connectivity index (χ0) is 25.1. The Morgan fingerprint density at radius 2 is 1.86 bits per heavy atom. The molecule has 0 aliphatic carbocycles. The lowest BCUT2D eigenvalue weighted by atomic mass is 10.1. The second-order valence-electron chi connectivity index (χ2n) is 8.54. The Bertz CT molecular complexity index is 1350. The number of nitrogen functional groups attached to an aromatic ring is 1. The molecule has 0 saturated carbocycles. The van der Waals surface area contributed by atoms with Crippen LogP contribution >= 0.6 is 0 Å². The summed E-state index contributed by atoms with van der Waals surface area (Å²) in [7, 11) is 1.74. The van der Waals surface area contributed by atoms with Crippen LogP contribution in [0.4, 0.5) is 26.2 Å². The highest BCUT2D eigenvalue weighted by molar-refractivity contribution is 5.74. The van der Waals surface area contributed by atoms with E-state index < -0.39 is 11.8 Å². The standard InChI is InChI=1S/C25H26F2N8O/c1-34-25(32-24(33-34)17-5-7-21(26)30-15-17)31-19-6-4-16(18-8-9-29-23(28)22(18)27)14-20(19)36-13-12-35-10-2-3-11-35/h4-9,14-15H,2-3,10-13H2,1H3,(H2,28,29)(H,31,32,33). The van der Waals surface area contributed by atoms with Gasteiger partial charge < -0.3 is 15.8 Å². The van der Waals surface area contributed by atoms with Crippen LogP contribution in [-0.2, 0) is 7.05 Å². The van der Waals surface area contributed by atoms with Gasteiger partial charge in [0, 0.05) is 37.1 Å². The summed E-state index contributed by atoms with van der Waals surface area (Å²) in [5, 5.41) is 7.65. The normalized spacial score (nSPS) is 13.8. The van der Waals surface area contributed by atoms with Crippen LogP contribution in [0.25, 0.3) is 22.5 Å². The number of nitrogens with one attached hydrogen (secondary N) is 1. The van der Waals surface area contributed by atoms with Crippen molar-refractivity contribution in [3.63, 3.8) is 0 Å². The number of nitrogens with two attached hydrogens (primary N) is 1. The van der Waals surface area contributed by atoms with Gasteiger partial charge in [0.05, 0.1) is 5.69 Å². The summed E-state index contributed by atoms with van der Waals surface area (Å²) in [5.41, 5.74) is 7.85. The summed E-state index contributed by atoms with van der Waals surface area (Å²) in [5.74, 6) is 0.0756. The minimum absolute atomic E-state index is 0.159. The number of aryl methyl sites for hydroxylation is 1. The van der Waals surface area contributed by atoms with Gasteiger partial charge in [0.15, 0.2) is 17.5 Å². The smallest absolute Gasteiger partial charge is 0.226 e. The predicted octanol–water partition coefficient (Wildman–Crippen LogP) is 4.02. The van der Waals surface area contributed by atoms with E-state index in [4.69, 9.17) is 10.5 Å². The molecule has 0 amide bonds. The molecular weight excluding hydrogens is 466 g/mol. The van der Waals surface area contributed by atoms with Crippen LogP contribution < -0.4 is 15.8 Å². The molecule has 0 bridgehead atoms. The predicted molar refractivity (Wildman–Crippen MR) is 133 cm³/mol. The van der Waals surface area contributed by atoms with Gasteiger partial charge in [0.2, 0.25) is 11.9 Å². The average molecular weight is 493 g/mol. The number of pyridine rings is 2. The lowest BCUT2D eigenvalue weighted by molar-refractivity contribution is 0.238. The number of hydrogen-bond acceptors (Lipinski definition) is 8. The highest BCUT2D eigenvalue weighted by atomic mass is 19.1. The third kappa shape index (κ3) is 5.10. The van der Waals surface area contributed by atoms with E-state index in [1.54, 1.807) is 42.1 Å². The molecule has 186 valence electrons. The highest BCUT2D eigenvalue weighted by Crippen LogP contribution is 2.34. The molecule has 0 unspecified atom stereocenters. The van der Waals surface area contributed by atoms with E-state index in [0.29, 0.717) is 46.5 Å². The Balaban J connectivity index is 1.43. The Morgan fingerprint density at radius 3 is 2.64 bits per heavy atom. The van der Waals surface area contributed by atoms with Crippen LogP contribution in [0, 0.1) is 11.8 Å². The van der Waals surface area contributed by atoms with Gasteiger partial charge in [-0.3, -0.25) is 4.90 Å². The van der Waals surface area contributed by atoms with E-state index in [1.807, 2.05) is 0 Å². The fourth-order valence-electron chi connectivity index (χ4n) is 4.13. The first-order valence-electron chi connectivity index (χ1n) is 11.7. The van der Waals surface area contributed by atoms with Gasteiger partial charge >= 0.3 is 0 Å². The zero-order valence-electron chi connectivity index (χ0n) is 19.8. The Kier molecular flexibility index (Phi) is 6.72. The first-order chi connectivity index (χ1) is 17.5. The Labute approximate surface area is 207 Å². The fraction of sp³-hybridized carbons (Fsp3) is 0.280. The van der Waals surface area contributed by atoms with Gasteiger partial charge in [-0.2, -0.15) is 9.37 Å². The van der Waals surface area contributed by atoms with Gasteiger partial charge in [0.25, 0.3) is 0 Å². The summed E-state index contributed by atoms with van der Waals surface area (Å²) in [6, 6.07) is 9.74. The van der Waals surface area contributed by atoms with Gasteiger partial charge in [0.1, 0.15) is 12.4 Å². The summed E-state index contributed by atoms with van der Waals surface area (Å²) in [4.78, 5) is 14.4. The molecule has 36 heavy (non-hydrogen) atoms. The number of ether oxygens (including phenoxy) is 1. The minimum atomic E-state index is -0.577. The van der Waals surface area contributed by atoms with Gasteiger partial charge in [-0.1, -0.05) is 6.07 Å². The number of halogens is 2. The van der Waals surface area contributed by atoms with Crippen LogP contribution in [-0.4, -0.2) is 55.9 Å². The molecule has 1 aromatic carbocycles. The molecule has 1 fully saturated rings. The minimum Gasteiger partial charge on any atom is -0.490 e. The van der Waals surface area contributed by atoms with Crippen molar-refractivity contribution in [2.45, 2.75) is 12.8 Å². The number of aromatic nitrogens is 5. The maximum atomic E-state index is 14.7. The topological polar surface area (TPSA) is 107 Å². The summed E-state index contributed by atoms with van der Waals surface area (Å²) in [6.07, 6.45) is 5.25. The average Bonchev–Trinajstić information content (AvgIpc) is 3.52. The van der Waals surface area contributed by atoms with E-state index in [0.717, 1.165) is 19.6 Å². The van der Waals surface area contributed by atoms with Crippen molar-refractivity contribution < 1.29 is 13.5 Å². The second-order valence-corrected chi connectivity index (χ2v) is 8.54. The van der Waals surface area contributed by atoms with Crippen LogP contribution in [0.5, 0.6) is 5.75 Å². The van der Waals surface area contributed by atoms with E-state index in [2.05, 4.69) is 30.3 Å². The monoisotopic (exact) mass is 492 g/mol. The third-order valence-corrected chi connectivity index (χ3v) is 6.07. The molecule has 0 spiro atoms. The van der Waals surface area contributed by atoms with Crippen molar-refractivity contribution in [2.24, 2.45) is 7.05 Å². The van der Waals surface area contributed by atoms with E-state index in [-0.39, 0.29) is 5.82 Å². The quantitative estimate of drug-likeness (QED) is 0.355. The molecule has 3 aromatic heterocycles. The lowest BCUT2D eigenvalue weighted by Crippen LogP contribution is -2.25. The van der Waals surface area contributed by atoms with Crippen molar-refractivity contribution in [1.82, 2.24) is 29.6 Å². The lowest BCUT2D eigenvalue weighted by Gasteiger charge is -2.18. The molecule has 4 heterocycles. The summed E-state index contributed by atoms with van der Waals surface area (Å²) < 4.78 is 35.6. The summed E-state index contributed by atoms with van der Waals surface area (Å²) >= 11 is 0. The third-order valence-electron chi connectivity index (χ3n) is 6.07. The van der Waals surface area contributed by atoms with E-state index in [9.17, 15) is 8.78 Å². The van der Waals surface area contributed by atoms with Crippen molar-refractivity contribution >= 4 is 17.5 Å². The molecule has 1 aliphatic rings. The molecule has 3 N–H and O–H groups in total. The Hall–Kier alpha value is -4.12. The maximum absolute atomic E-state index is 14.7. The number of likely N-dealkylation sites (tertiary alicyclic amines) is 1. The van der Waals surface area contributed by atoms with Crippen molar-refractivity contribution in [1.29, 1.82) is 0 Å². The van der Waals surface area contributed by atoms with Crippen molar-refractivity contribution in [3.8, 4) is 28.3 Å². The molecular formula is C25H26F2N8O. The van der Waals surface area contributed by atoms with Crippen LogP contribution in [0.1, 0.15) is 12.8 Å². The second kappa shape index (κ2) is 10.2. The largest absolute Gasteiger partial charge is 0.490 e. The molecule has 0 radical (unpaired) electrons.